The summed E-state index contributed by atoms with van der Waals surface area (Å²) in [5.41, 5.74) is 21.9. The first-order chi connectivity index (χ1) is 56.6. The van der Waals surface area contributed by atoms with Crippen LogP contribution in [0.1, 0.15) is 0 Å². The molecule has 0 saturated heterocycles. The van der Waals surface area contributed by atoms with Gasteiger partial charge in [0, 0.05) is 93.3 Å². The summed E-state index contributed by atoms with van der Waals surface area (Å²) in [5, 5.41) is 25.3. The Morgan fingerprint density at radius 2 is 0.439 bits per heavy atom. The molecule has 0 spiro atoms. The lowest BCUT2D eigenvalue weighted by atomic mass is 9.93. The summed E-state index contributed by atoms with van der Waals surface area (Å²) < 4.78 is 9.94. The van der Waals surface area contributed by atoms with Gasteiger partial charge >= 0.3 is 0 Å². The molecule has 0 saturated carbocycles. The summed E-state index contributed by atoms with van der Waals surface area (Å²) in [5.74, 6) is 1.93. The van der Waals surface area contributed by atoms with Crippen LogP contribution in [0.15, 0.2) is 394 Å². The molecular formula is C107H65N7. The monoisotopic (exact) mass is 1450 g/mol. The molecule has 0 aliphatic rings. The van der Waals surface area contributed by atoms with E-state index in [0.29, 0.717) is 17.5 Å². The van der Waals surface area contributed by atoms with Crippen molar-refractivity contribution in [1.82, 2.24) is 33.2 Å². The van der Waals surface area contributed by atoms with Crippen LogP contribution in [0.5, 0.6) is 0 Å². The molecule has 528 valence electrons. The zero-order valence-electron chi connectivity index (χ0n) is 61.7. The average Bonchev–Trinajstić information content (AvgIpc) is 1.52. The molecule has 25 rings (SSSR count). The Kier molecular flexibility index (Phi) is 14.0. The van der Waals surface area contributed by atoms with E-state index in [1.54, 1.807) is 0 Å². The van der Waals surface area contributed by atoms with Crippen LogP contribution in [0.3, 0.4) is 0 Å². The van der Waals surface area contributed by atoms with E-state index in [1.165, 1.54) is 180 Å². The second-order valence-corrected chi connectivity index (χ2v) is 30.0. The van der Waals surface area contributed by atoms with Crippen LogP contribution in [0.25, 0.3) is 231 Å². The third-order valence-electron chi connectivity index (χ3n) is 23.9. The minimum Gasteiger partial charge on any atom is -0.309 e. The molecule has 7 heteroatoms. The SMILES string of the molecule is c1ccc(-c2cccc(-c3cccc(-n4c5ccc6c7c8c(cccc8n6-c6ccccc6)c6ccccc6c6cc8ccccc8c4c6c75)c3)c2)cc1.c1ccc(-c2nc(-c3ccccc3)nc(-c3ccc(-n4c5ccc6c7c8c(cccc8n6-c6ccccc6)c6ccccc6c6cc8ccccc8c4c6c75)cc3)n2)cc1. The van der Waals surface area contributed by atoms with Gasteiger partial charge in [-0.1, -0.05) is 279 Å². The zero-order chi connectivity index (χ0) is 74.6. The second kappa shape index (κ2) is 25.1. The van der Waals surface area contributed by atoms with E-state index in [0.717, 1.165) is 33.8 Å². The Balaban J connectivity index is 0.000000132. The van der Waals surface area contributed by atoms with Crippen molar-refractivity contribution in [2.45, 2.75) is 0 Å². The molecule has 0 N–H and O–H groups in total. The van der Waals surface area contributed by atoms with E-state index in [2.05, 4.69) is 352 Å². The fourth-order valence-electron chi connectivity index (χ4n) is 19.1. The normalized spacial score (nSPS) is 12.0. The van der Waals surface area contributed by atoms with E-state index in [9.17, 15) is 0 Å². The first-order valence-electron chi connectivity index (χ1n) is 39.1. The van der Waals surface area contributed by atoms with Crippen LogP contribution < -0.4 is 0 Å². The van der Waals surface area contributed by atoms with Crippen LogP contribution >= 0.6 is 0 Å². The summed E-state index contributed by atoms with van der Waals surface area (Å²) in [6.07, 6.45) is 0. The number of hydrogen-bond donors (Lipinski definition) is 0. The molecule has 0 fully saturated rings. The van der Waals surface area contributed by atoms with Crippen molar-refractivity contribution in [2.24, 2.45) is 0 Å². The lowest BCUT2D eigenvalue weighted by Gasteiger charge is -2.13. The maximum atomic E-state index is 5.04. The highest BCUT2D eigenvalue weighted by atomic mass is 15.0. The van der Waals surface area contributed by atoms with Crippen molar-refractivity contribution in [3.63, 3.8) is 0 Å². The van der Waals surface area contributed by atoms with Crippen molar-refractivity contribution in [1.29, 1.82) is 0 Å². The predicted molar refractivity (Wildman–Crippen MR) is 478 cm³/mol. The highest BCUT2D eigenvalue weighted by molar-refractivity contribution is 6.43. The number of benzene rings is 18. The fourth-order valence-corrected chi connectivity index (χ4v) is 19.1. The molecule has 5 aromatic heterocycles. The van der Waals surface area contributed by atoms with Crippen molar-refractivity contribution in [2.75, 3.05) is 0 Å². The fraction of sp³-hybridized carbons (Fsp3) is 0. The van der Waals surface area contributed by atoms with Gasteiger partial charge in [-0.3, -0.25) is 0 Å². The Hall–Kier alpha value is -15.3. The predicted octanol–water partition coefficient (Wildman–Crippen LogP) is 28.1. The van der Waals surface area contributed by atoms with Crippen molar-refractivity contribution in [3.8, 4) is 79.2 Å². The highest BCUT2D eigenvalue weighted by Gasteiger charge is 2.29. The minimum atomic E-state index is 0.634. The summed E-state index contributed by atoms with van der Waals surface area (Å²) in [7, 11) is 0. The summed E-state index contributed by atoms with van der Waals surface area (Å²) >= 11 is 0. The lowest BCUT2D eigenvalue weighted by Crippen LogP contribution is -2.00. The zero-order valence-corrected chi connectivity index (χ0v) is 61.7. The third kappa shape index (κ3) is 9.54. The molecule has 7 nitrogen and oxygen atoms in total. The molecular weight excluding hydrogens is 1380 g/mol. The van der Waals surface area contributed by atoms with E-state index in [1.807, 2.05) is 60.7 Å². The van der Waals surface area contributed by atoms with Crippen LogP contribution in [-0.4, -0.2) is 33.2 Å². The van der Waals surface area contributed by atoms with Gasteiger partial charge in [-0.2, -0.15) is 0 Å². The molecule has 114 heavy (non-hydrogen) atoms. The molecule has 0 aliphatic heterocycles. The molecule has 20 aromatic carbocycles. The smallest absolute Gasteiger partial charge is 0.164 e. The van der Waals surface area contributed by atoms with Crippen LogP contribution in [0.2, 0.25) is 0 Å². The van der Waals surface area contributed by atoms with Crippen LogP contribution in [-0.2, 0) is 0 Å². The Bertz CT molecular complexity index is 8120. The van der Waals surface area contributed by atoms with Crippen molar-refractivity contribution < 1.29 is 0 Å². The minimum absolute atomic E-state index is 0.634. The third-order valence-corrected chi connectivity index (χ3v) is 23.9. The van der Waals surface area contributed by atoms with Crippen LogP contribution in [0, 0.1) is 0 Å². The van der Waals surface area contributed by atoms with Crippen molar-refractivity contribution in [3.05, 3.63) is 394 Å². The molecule has 0 aliphatic carbocycles. The second-order valence-electron chi connectivity index (χ2n) is 30.0. The van der Waals surface area contributed by atoms with E-state index in [4.69, 9.17) is 15.0 Å². The van der Waals surface area contributed by atoms with Gasteiger partial charge in [0.25, 0.3) is 0 Å². The Morgan fingerprint density at radius 1 is 0.149 bits per heavy atom. The average molecular weight is 1450 g/mol. The molecule has 0 atom stereocenters. The summed E-state index contributed by atoms with van der Waals surface area (Å²) in [4.78, 5) is 15.0. The van der Waals surface area contributed by atoms with Crippen LogP contribution in [0.4, 0.5) is 0 Å². The van der Waals surface area contributed by atoms with Gasteiger partial charge in [-0.15, -0.1) is 0 Å². The van der Waals surface area contributed by atoms with Crippen molar-refractivity contribution >= 4 is 152 Å². The number of para-hydroxylation sites is 2. The number of rotatable bonds is 9. The number of fused-ring (bicyclic) bond motifs is 10. The standard InChI is InChI=1S/C55H33N5.C52H32N2/c1-4-15-34(16-5-1)53-56-54(35-17-6-2-7-18-35)58-55(57-53)36-27-29-39(30-28-36)60-47-32-31-46-50-48-43(25-14-26-45(48)59(46)38-20-8-3-9-21-38)41-23-12-13-24-42(41)44-33-37-19-10-11-22-40(37)52(60)49(44)51(47)50;1-3-14-33(15-4-1)34-17-11-18-35(30-34)36-19-12-22-39(31-36)54-47-29-28-46-50-48-43(26-13-27-45(48)53(46)38-20-5-2-6-21-38)41-24-9-10-25-42(41)44-32-37-16-7-8-23-40(37)52(54)49(44)51(47)50/h1-33H;1-32H. The van der Waals surface area contributed by atoms with Gasteiger partial charge in [-0.05, 0) is 191 Å². The topological polar surface area (TPSA) is 58.4 Å². The molecule has 0 unspecified atom stereocenters. The number of hydrogen-bond acceptors (Lipinski definition) is 3. The lowest BCUT2D eigenvalue weighted by molar-refractivity contribution is 1.07. The van der Waals surface area contributed by atoms with E-state index in [-0.39, 0.29) is 0 Å². The molecule has 0 amide bonds. The van der Waals surface area contributed by atoms with Gasteiger partial charge in [0.2, 0.25) is 0 Å². The molecule has 0 bridgehead atoms. The molecule has 5 heterocycles. The largest absolute Gasteiger partial charge is 0.309 e. The maximum absolute atomic E-state index is 5.04. The number of aromatic nitrogens is 7. The first-order valence-corrected chi connectivity index (χ1v) is 39.1. The molecule has 0 radical (unpaired) electrons. The summed E-state index contributed by atoms with van der Waals surface area (Å²) in [6, 6.07) is 143. The Morgan fingerprint density at radius 3 is 0.895 bits per heavy atom. The van der Waals surface area contributed by atoms with Gasteiger partial charge in [0.05, 0.1) is 44.1 Å². The van der Waals surface area contributed by atoms with Gasteiger partial charge in [0.1, 0.15) is 0 Å². The highest BCUT2D eigenvalue weighted by Crippen LogP contribution is 2.53. The van der Waals surface area contributed by atoms with Gasteiger partial charge in [-0.25, -0.2) is 15.0 Å². The van der Waals surface area contributed by atoms with Gasteiger partial charge < -0.3 is 18.3 Å². The quantitative estimate of drug-likeness (QED) is 0.145. The first kappa shape index (κ1) is 63.6. The Labute approximate surface area is 654 Å². The summed E-state index contributed by atoms with van der Waals surface area (Å²) in [6.45, 7) is 0. The maximum Gasteiger partial charge on any atom is 0.164 e. The van der Waals surface area contributed by atoms with E-state index >= 15 is 0 Å². The number of nitrogens with zero attached hydrogens (tertiary/aromatic N) is 7. The molecule has 25 aromatic rings. The van der Waals surface area contributed by atoms with Gasteiger partial charge in [0.15, 0.2) is 17.5 Å². The van der Waals surface area contributed by atoms with E-state index < -0.39 is 0 Å².